The number of ether oxygens (including phenoxy) is 1. The zero-order valence-corrected chi connectivity index (χ0v) is 21.5. The van der Waals surface area contributed by atoms with Gasteiger partial charge in [-0.05, 0) is 43.9 Å². The third kappa shape index (κ3) is 4.82. The standard InChI is InChI=1S/C28H23F3N6O3/c1-3-6-24(38)36-13-5-9-21(36)19-7-4-8-20(25(19)40-2)27(39)37(23-15-18(10-11-33-23)28(29,30)31)26-22-16-32-12-14-35(22)17-34-26/h4,7-8,10-12,14-17,21H,5,9,13H2,1-2H3. The fourth-order valence-electron chi connectivity index (χ4n) is 4.87. The van der Waals surface area contributed by atoms with Gasteiger partial charge in [-0.2, -0.15) is 13.2 Å². The van der Waals surface area contributed by atoms with E-state index < -0.39 is 23.7 Å². The largest absolute Gasteiger partial charge is 0.496 e. The summed E-state index contributed by atoms with van der Waals surface area (Å²) >= 11 is 0. The molecule has 1 unspecified atom stereocenters. The lowest BCUT2D eigenvalue weighted by Crippen LogP contribution is -2.31. The number of likely N-dealkylation sites (tertiary alicyclic amines) is 1. The first kappa shape index (κ1) is 26.7. The molecule has 1 aromatic carbocycles. The van der Waals surface area contributed by atoms with Crippen LogP contribution in [0.25, 0.3) is 5.52 Å². The molecule has 5 rings (SSSR count). The van der Waals surface area contributed by atoms with Crippen LogP contribution >= 0.6 is 0 Å². The number of carbonyl (C=O) groups excluding carboxylic acids is 2. The zero-order chi connectivity index (χ0) is 28.4. The molecule has 0 saturated carbocycles. The molecule has 0 bridgehead atoms. The molecular weight excluding hydrogens is 525 g/mol. The molecule has 2 amide bonds. The second-order valence-electron chi connectivity index (χ2n) is 8.94. The van der Waals surface area contributed by atoms with Gasteiger partial charge >= 0.3 is 6.18 Å². The third-order valence-electron chi connectivity index (χ3n) is 6.62. The van der Waals surface area contributed by atoms with Crippen molar-refractivity contribution < 1.29 is 27.5 Å². The van der Waals surface area contributed by atoms with Gasteiger partial charge < -0.3 is 14.0 Å². The third-order valence-corrected chi connectivity index (χ3v) is 6.62. The number of amides is 2. The van der Waals surface area contributed by atoms with E-state index in [-0.39, 0.29) is 28.9 Å². The van der Waals surface area contributed by atoms with Gasteiger partial charge in [-0.3, -0.25) is 14.6 Å². The Bertz CT molecular complexity index is 1660. The lowest BCUT2D eigenvalue weighted by Gasteiger charge is -2.27. The van der Waals surface area contributed by atoms with E-state index in [0.717, 1.165) is 29.7 Å². The van der Waals surface area contributed by atoms with Gasteiger partial charge in [0.25, 0.3) is 11.8 Å². The molecule has 3 aromatic heterocycles. The monoisotopic (exact) mass is 548 g/mol. The first-order chi connectivity index (χ1) is 19.2. The topological polar surface area (TPSA) is 92.9 Å². The Morgan fingerprint density at radius 1 is 1.18 bits per heavy atom. The van der Waals surface area contributed by atoms with E-state index in [1.807, 2.05) is 0 Å². The summed E-state index contributed by atoms with van der Waals surface area (Å²) in [6, 6.07) is 6.13. The van der Waals surface area contributed by atoms with E-state index in [1.165, 1.54) is 31.9 Å². The van der Waals surface area contributed by atoms with Gasteiger partial charge in [-0.15, -0.1) is 0 Å². The maximum atomic E-state index is 14.3. The molecule has 0 radical (unpaired) electrons. The van der Waals surface area contributed by atoms with E-state index in [1.54, 1.807) is 34.6 Å². The average molecular weight is 549 g/mol. The van der Waals surface area contributed by atoms with Gasteiger partial charge in [0.05, 0.1) is 30.5 Å². The van der Waals surface area contributed by atoms with Crippen LogP contribution in [0.2, 0.25) is 0 Å². The van der Waals surface area contributed by atoms with Crippen molar-refractivity contribution in [3.8, 4) is 17.6 Å². The summed E-state index contributed by atoms with van der Waals surface area (Å²) in [6.07, 6.45) is 3.65. The van der Waals surface area contributed by atoms with Crippen molar-refractivity contribution in [2.45, 2.75) is 32.0 Å². The van der Waals surface area contributed by atoms with Crippen molar-refractivity contribution in [2.24, 2.45) is 0 Å². The van der Waals surface area contributed by atoms with Crippen LogP contribution in [0.4, 0.5) is 24.8 Å². The second-order valence-corrected chi connectivity index (χ2v) is 8.94. The van der Waals surface area contributed by atoms with Crippen LogP contribution in [0.15, 0.2) is 61.4 Å². The minimum Gasteiger partial charge on any atom is -0.496 e. The number of para-hydroxylation sites is 1. The van der Waals surface area contributed by atoms with Gasteiger partial charge in [-0.1, -0.05) is 18.1 Å². The summed E-state index contributed by atoms with van der Waals surface area (Å²) in [5.41, 5.74) is 0.0428. The number of benzene rings is 1. The highest BCUT2D eigenvalue weighted by Crippen LogP contribution is 2.41. The lowest BCUT2D eigenvalue weighted by molar-refractivity contribution is -0.137. The van der Waals surface area contributed by atoms with Crippen molar-refractivity contribution in [3.05, 3.63) is 78.1 Å². The number of pyridine rings is 1. The van der Waals surface area contributed by atoms with Crippen LogP contribution in [0.1, 0.15) is 47.3 Å². The van der Waals surface area contributed by atoms with E-state index in [2.05, 4.69) is 26.8 Å². The van der Waals surface area contributed by atoms with E-state index >= 15 is 0 Å². The summed E-state index contributed by atoms with van der Waals surface area (Å²) in [6.45, 7) is 2.07. The molecule has 1 aliphatic heterocycles. The summed E-state index contributed by atoms with van der Waals surface area (Å²) in [7, 11) is 1.39. The van der Waals surface area contributed by atoms with Crippen LogP contribution in [0.5, 0.6) is 5.75 Å². The van der Waals surface area contributed by atoms with Crippen molar-refractivity contribution >= 4 is 29.0 Å². The maximum Gasteiger partial charge on any atom is 0.416 e. The average Bonchev–Trinajstić information content (AvgIpc) is 3.61. The van der Waals surface area contributed by atoms with E-state index in [4.69, 9.17) is 4.74 Å². The highest BCUT2D eigenvalue weighted by atomic mass is 19.4. The van der Waals surface area contributed by atoms with Crippen LogP contribution < -0.4 is 9.64 Å². The first-order valence-electron chi connectivity index (χ1n) is 12.3. The molecule has 204 valence electrons. The highest BCUT2D eigenvalue weighted by molar-refractivity contribution is 6.13. The van der Waals surface area contributed by atoms with E-state index in [0.29, 0.717) is 24.0 Å². The van der Waals surface area contributed by atoms with Gasteiger partial charge in [-0.25, -0.2) is 14.9 Å². The number of anilines is 2. The predicted octanol–water partition coefficient (Wildman–Crippen LogP) is 4.82. The van der Waals surface area contributed by atoms with Crippen LogP contribution in [0, 0.1) is 11.8 Å². The number of hydrogen-bond donors (Lipinski definition) is 0. The molecule has 1 saturated heterocycles. The molecule has 0 aliphatic carbocycles. The first-order valence-corrected chi connectivity index (χ1v) is 12.3. The molecule has 4 heterocycles. The quantitative estimate of drug-likeness (QED) is 0.332. The number of alkyl halides is 3. The number of carbonyl (C=O) groups is 2. The van der Waals surface area contributed by atoms with Crippen LogP contribution in [-0.2, 0) is 11.0 Å². The molecule has 12 heteroatoms. The van der Waals surface area contributed by atoms with Crippen molar-refractivity contribution in [3.63, 3.8) is 0 Å². The van der Waals surface area contributed by atoms with Crippen LogP contribution in [-0.4, -0.2) is 49.7 Å². The lowest BCUT2D eigenvalue weighted by atomic mass is 9.99. The molecule has 40 heavy (non-hydrogen) atoms. The van der Waals surface area contributed by atoms with E-state index in [9.17, 15) is 22.8 Å². The fourth-order valence-corrected chi connectivity index (χ4v) is 4.87. The molecule has 1 aliphatic rings. The molecular formula is C28H23F3N6O3. The number of methoxy groups -OCH3 is 1. The van der Waals surface area contributed by atoms with Crippen LogP contribution in [0.3, 0.4) is 0 Å². The van der Waals surface area contributed by atoms with Gasteiger partial charge in [0, 0.05) is 30.7 Å². The smallest absolute Gasteiger partial charge is 0.416 e. The van der Waals surface area contributed by atoms with Gasteiger partial charge in [0.15, 0.2) is 5.82 Å². The number of aromatic nitrogens is 4. The number of rotatable bonds is 5. The summed E-state index contributed by atoms with van der Waals surface area (Å²) in [5.74, 6) is 4.06. The normalized spacial score (nSPS) is 15.0. The molecule has 9 nitrogen and oxygen atoms in total. The Balaban J connectivity index is 1.66. The minimum atomic E-state index is -4.66. The Kier molecular flexibility index (Phi) is 7.13. The SMILES string of the molecule is CC#CC(=O)N1CCCC1c1cccc(C(=O)N(c2cc(C(F)(F)F)ccn2)c2ncn3ccncc23)c1OC. The highest BCUT2D eigenvalue weighted by Gasteiger charge is 2.36. The van der Waals surface area contributed by atoms with Crippen molar-refractivity contribution in [2.75, 3.05) is 18.6 Å². The molecule has 1 atom stereocenters. The Labute approximate surface area is 227 Å². The predicted molar refractivity (Wildman–Crippen MR) is 139 cm³/mol. The Morgan fingerprint density at radius 3 is 2.75 bits per heavy atom. The minimum absolute atomic E-state index is 0.0354. The Morgan fingerprint density at radius 2 is 2.00 bits per heavy atom. The number of hydrogen-bond acceptors (Lipinski definition) is 6. The van der Waals surface area contributed by atoms with Crippen molar-refractivity contribution in [1.82, 2.24) is 24.3 Å². The molecule has 4 aromatic rings. The molecule has 0 N–H and O–H groups in total. The fraction of sp³-hybridized carbons (Fsp3) is 0.250. The summed E-state index contributed by atoms with van der Waals surface area (Å²) in [5, 5.41) is 0. The number of nitrogens with zero attached hydrogens (tertiary/aromatic N) is 6. The summed E-state index contributed by atoms with van der Waals surface area (Å²) in [4.78, 5) is 42.1. The second kappa shape index (κ2) is 10.7. The zero-order valence-electron chi connectivity index (χ0n) is 21.5. The number of imidazole rings is 1. The Hall–Kier alpha value is -4.92. The van der Waals surface area contributed by atoms with Crippen molar-refractivity contribution in [1.29, 1.82) is 0 Å². The van der Waals surface area contributed by atoms with Gasteiger partial charge in [0.1, 0.15) is 23.4 Å². The molecule has 1 fully saturated rings. The number of fused-ring (bicyclic) bond motifs is 1. The van der Waals surface area contributed by atoms with Gasteiger partial charge in [0.2, 0.25) is 0 Å². The maximum absolute atomic E-state index is 14.3. The summed E-state index contributed by atoms with van der Waals surface area (Å²) < 4.78 is 48.2. The molecule has 0 spiro atoms. The number of halogens is 3.